The Kier molecular flexibility index (Phi) is 1.69. The van der Waals surface area contributed by atoms with Crippen molar-refractivity contribution in [2.75, 3.05) is 0 Å². The quantitative estimate of drug-likeness (QED) is 0.586. The minimum absolute atomic E-state index is 0.202. The van der Waals surface area contributed by atoms with Crippen LogP contribution in [0.5, 0.6) is 0 Å². The number of nitrogens with two attached hydrogens (primary N) is 1. The molecule has 0 aromatic rings. The van der Waals surface area contributed by atoms with E-state index in [4.69, 9.17) is 15.7 Å². The Bertz CT molecular complexity index is 264. The van der Waals surface area contributed by atoms with Gasteiger partial charge in [0.05, 0.1) is 5.57 Å². The van der Waals surface area contributed by atoms with Gasteiger partial charge in [-0.2, -0.15) is 5.26 Å². The van der Waals surface area contributed by atoms with E-state index in [0.717, 1.165) is 12.8 Å². The predicted octanol–water partition coefficient (Wildman–Crippen LogP) is 1.27. The molecule has 2 N–H and O–H groups in total. The summed E-state index contributed by atoms with van der Waals surface area (Å²) in [7, 11) is 0. The third kappa shape index (κ3) is 0.953. The molecule has 2 aliphatic rings. The fourth-order valence-electron chi connectivity index (χ4n) is 2.12. The molecule has 1 fully saturated rings. The summed E-state index contributed by atoms with van der Waals surface area (Å²) < 4.78 is 5.40. The van der Waals surface area contributed by atoms with E-state index in [1.807, 2.05) is 0 Å². The van der Waals surface area contributed by atoms with Crippen LogP contribution in [0.2, 0.25) is 0 Å². The van der Waals surface area contributed by atoms with Crippen molar-refractivity contribution in [3.05, 3.63) is 11.5 Å². The smallest absolute Gasteiger partial charge is 0.198 e. The Balaban J connectivity index is 2.22. The fraction of sp³-hybridized carbons (Fsp3) is 0.667. The second-order valence-corrected chi connectivity index (χ2v) is 3.44. The Morgan fingerprint density at radius 2 is 2.17 bits per heavy atom. The zero-order valence-corrected chi connectivity index (χ0v) is 6.92. The Labute approximate surface area is 71.8 Å². The molecule has 2 rings (SSSR count). The van der Waals surface area contributed by atoms with Gasteiger partial charge in [0.2, 0.25) is 0 Å². The van der Waals surface area contributed by atoms with Crippen LogP contribution in [-0.4, -0.2) is 6.10 Å². The van der Waals surface area contributed by atoms with Gasteiger partial charge in [0.15, 0.2) is 5.88 Å². The van der Waals surface area contributed by atoms with Gasteiger partial charge >= 0.3 is 0 Å². The molecule has 1 aliphatic carbocycles. The number of rotatable bonds is 0. The highest BCUT2D eigenvalue weighted by Crippen LogP contribution is 2.38. The minimum Gasteiger partial charge on any atom is -0.475 e. The first-order chi connectivity index (χ1) is 5.83. The third-order valence-electron chi connectivity index (χ3n) is 2.74. The molecule has 0 bridgehead atoms. The third-order valence-corrected chi connectivity index (χ3v) is 2.74. The monoisotopic (exact) mass is 164 g/mol. The zero-order valence-electron chi connectivity index (χ0n) is 6.92. The van der Waals surface area contributed by atoms with Gasteiger partial charge in [-0.25, -0.2) is 0 Å². The molecule has 2 atom stereocenters. The molecule has 0 aromatic carbocycles. The van der Waals surface area contributed by atoms with E-state index in [2.05, 4.69) is 6.07 Å². The second kappa shape index (κ2) is 2.71. The highest BCUT2D eigenvalue weighted by molar-refractivity contribution is 5.31. The molecule has 3 nitrogen and oxygen atoms in total. The van der Waals surface area contributed by atoms with Gasteiger partial charge in [0, 0.05) is 5.92 Å². The summed E-state index contributed by atoms with van der Waals surface area (Å²) in [4.78, 5) is 0. The van der Waals surface area contributed by atoms with Gasteiger partial charge in [-0.1, -0.05) is 6.42 Å². The highest BCUT2D eigenvalue weighted by Gasteiger charge is 2.37. The summed E-state index contributed by atoms with van der Waals surface area (Å²) in [5.41, 5.74) is 6.26. The molecular weight excluding hydrogens is 152 g/mol. The maximum atomic E-state index is 8.81. The Hall–Kier alpha value is -1.17. The SMILES string of the molecule is N#CC1=C(N)OC2CCCCC12. The van der Waals surface area contributed by atoms with E-state index in [0.29, 0.717) is 17.4 Å². The molecule has 0 aromatic heterocycles. The first kappa shape index (κ1) is 7.48. The van der Waals surface area contributed by atoms with E-state index in [-0.39, 0.29) is 6.10 Å². The number of nitrogens with zero attached hydrogens (tertiary/aromatic N) is 1. The van der Waals surface area contributed by atoms with E-state index in [1.165, 1.54) is 12.8 Å². The van der Waals surface area contributed by atoms with Crippen molar-refractivity contribution in [1.82, 2.24) is 0 Å². The van der Waals surface area contributed by atoms with Gasteiger partial charge in [0.1, 0.15) is 12.2 Å². The number of hydrogen-bond acceptors (Lipinski definition) is 3. The van der Waals surface area contributed by atoms with Crippen LogP contribution in [0.4, 0.5) is 0 Å². The first-order valence-corrected chi connectivity index (χ1v) is 4.39. The van der Waals surface area contributed by atoms with Crippen molar-refractivity contribution in [1.29, 1.82) is 5.26 Å². The molecule has 0 radical (unpaired) electrons. The van der Waals surface area contributed by atoms with E-state index in [1.54, 1.807) is 0 Å². The molecule has 2 unspecified atom stereocenters. The van der Waals surface area contributed by atoms with Gasteiger partial charge in [0.25, 0.3) is 0 Å². The minimum atomic E-state index is 0.202. The average Bonchev–Trinajstić information content (AvgIpc) is 2.40. The second-order valence-electron chi connectivity index (χ2n) is 3.44. The summed E-state index contributed by atoms with van der Waals surface area (Å²) in [5, 5.41) is 8.81. The normalized spacial score (nSPS) is 33.9. The lowest BCUT2D eigenvalue weighted by atomic mass is 9.83. The lowest BCUT2D eigenvalue weighted by molar-refractivity contribution is 0.0809. The van der Waals surface area contributed by atoms with Crippen molar-refractivity contribution >= 4 is 0 Å². The summed E-state index contributed by atoms with van der Waals surface area (Å²) in [6.07, 6.45) is 4.72. The van der Waals surface area contributed by atoms with Crippen LogP contribution in [0.1, 0.15) is 25.7 Å². The van der Waals surface area contributed by atoms with E-state index >= 15 is 0 Å². The van der Waals surface area contributed by atoms with Crippen molar-refractivity contribution in [3.8, 4) is 6.07 Å². The number of hydrogen-bond donors (Lipinski definition) is 1. The molecule has 64 valence electrons. The number of nitriles is 1. The lowest BCUT2D eigenvalue weighted by Crippen LogP contribution is -2.22. The van der Waals surface area contributed by atoms with E-state index < -0.39 is 0 Å². The van der Waals surface area contributed by atoms with Crippen LogP contribution in [-0.2, 0) is 4.74 Å². The topological polar surface area (TPSA) is 59.0 Å². The van der Waals surface area contributed by atoms with Gasteiger partial charge in [-0.3, -0.25) is 0 Å². The molecule has 1 aliphatic heterocycles. The molecule has 0 amide bonds. The average molecular weight is 164 g/mol. The van der Waals surface area contributed by atoms with Crippen LogP contribution in [0, 0.1) is 17.2 Å². The van der Waals surface area contributed by atoms with Crippen LogP contribution < -0.4 is 5.73 Å². The zero-order chi connectivity index (χ0) is 8.55. The predicted molar refractivity (Wildman–Crippen MR) is 43.7 cm³/mol. The van der Waals surface area contributed by atoms with Crippen LogP contribution in [0.3, 0.4) is 0 Å². The standard InChI is InChI=1S/C9H12N2O/c10-5-7-6-3-1-2-4-8(6)12-9(7)11/h6,8H,1-4,11H2. The maximum Gasteiger partial charge on any atom is 0.198 e. The molecule has 1 heterocycles. The van der Waals surface area contributed by atoms with Crippen LogP contribution in [0.15, 0.2) is 11.5 Å². The molecule has 12 heavy (non-hydrogen) atoms. The highest BCUT2D eigenvalue weighted by atomic mass is 16.5. The Morgan fingerprint density at radius 1 is 1.42 bits per heavy atom. The van der Waals surface area contributed by atoms with Crippen LogP contribution in [0.25, 0.3) is 0 Å². The van der Waals surface area contributed by atoms with Gasteiger partial charge < -0.3 is 10.5 Å². The van der Waals surface area contributed by atoms with Crippen molar-refractivity contribution < 1.29 is 4.74 Å². The molecule has 1 saturated carbocycles. The largest absolute Gasteiger partial charge is 0.475 e. The summed E-state index contributed by atoms with van der Waals surface area (Å²) in [6.45, 7) is 0. The van der Waals surface area contributed by atoms with Crippen molar-refractivity contribution in [2.45, 2.75) is 31.8 Å². The number of ether oxygens (including phenoxy) is 1. The first-order valence-electron chi connectivity index (χ1n) is 4.39. The van der Waals surface area contributed by atoms with Gasteiger partial charge in [-0.05, 0) is 19.3 Å². The summed E-state index contributed by atoms with van der Waals surface area (Å²) in [6, 6.07) is 2.14. The number of fused-ring (bicyclic) bond motifs is 1. The Morgan fingerprint density at radius 3 is 2.92 bits per heavy atom. The molecule has 0 spiro atoms. The maximum absolute atomic E-state index is 8.81. The van der Waals surface area contributed by atoms with Crippen molar-refractivity contribution in [3.63, 3.8) is 0 Å². The molecular formula is C9H12N2O. The summed E-state index contributed by atoms with van der Waals surface area (Å²) >= 11 is 0. The van der Waals surface area contributed by atoms with Gasteiger partial charge in [-0.15, -0.1) is 0 Å². The van der Waals surface area contributed by atoms with Crippen molar-refractivity contribution in [2.24, 2.45) is 11.7 Å². The molecule has 0 saturated heterocycles. The summed E-state index contributed by atoms with van der Waals surface area (Å²) in [5.74, 6) is 0.665. The molecule has 3 heteroatoms. The lowest BCUT2D eigenvalue weighted by Gasteiger charge is -2.23. The van der Waals surface area contributed by atoms with E-state index in [9.17, 15) is 0 Å². The fourth-order valence-corrected chi connectivity index (χ4v) is 2.12. The van der Waals surface area contributed by atoms with Crippen LogP contribution >= 0.6 is 0 Å².